The molecule has 2 aromatic heterocycles. The van der Waals surface area contributed by atoms with Crippen molar-refractivity contribution in [1.29, 1.82) is 0 Å². The number of hydrogen-bond donors (Lipinski definition) is 2. The number of methoxy groups -OCH3 is 2. The van der Waals surface area contributed by atoms with Crippen molar-refractivity contribution < 1.29 is 28.9 Å². The van der Waals surface area contributed by atoms with E-state index in [2.05, 4.69) is 9.97 Å². The summed E-state index contributed by atoms with van der Waals surface area (Å²) in [6.07, 6.45) is 4.86. The molecule has 1 aliphatic rings. The van der Waals surface area contributed by atoms with Crippen LogP contribution in [0, 0.1) is 0 Å². The molecule has 0 saturated carbocycles. The van der Waals surface area contributed by atoms with Crippen molar-refractivity contribution >= 4 is 28.9 Å². The molecule has 0 spiro atoms. The first-order valence-corrected chi connectivity index (χ1v) is 8.63. The molecule has 0 saturated heterocycles. The van der Waals surface area contributed by atoms with Gasteiger partial charge in [-0.2, -0.15) is 0 Å². The Morgan fingerprint density at radius 1 is 1.32 bits per heavy atom. The number of ketones is 1. The van der Waals surface area contributed by atoms with E-state index in [1.165, 1.54) is 20.3 Å². The maximum absolute atomic E-state index is 12.7. The number of ether oxygens (including phenoxy) is 3. The maximum Gasteiger partial charge on any atom is 0.345 e. The fraction of sp³-hybridized carbons (Fsp3) is 0.316. The van der Waals surface area contributed by atoms with Crippen LogP contribution in [0.2, 0.25) is 0 Å². The van der Waals surface area contributed by atoms with Crippen LogP contribution in [0.1, 0.15) is 5.56 Å². The summed E-state index contributed by atoms with van der Waals surface area (Å²) in [6.45, 7) is 1.38. The quantitative estimate of drug-likeness (QED) is 0.490. The first kappa shape index (κ1) is 19.6. The number of carbonyl (C=O) groups excluding carboxylic acids is 1. The van der Waals surface area contributed by atoms with Gasteiger partial charge < -0.3 is 29.2 Å². The average Bonchev–Trinajstić information content (AvgIpc) is 3.24. The fourth-order valence-electron chi connectivity index (χ4n) is 2.88. The summed E-state index contributed by atoms with van der Waals surface area (Å²) in [5.74, 6) is -2.09. The molecule has 0 fully saturated rings. The Balaban J connectivity index is 1.95. The second-order valence-electron chi connectivity index (χ2n) is 6.04. The van der Waals surface area contributed by atoms with E-state index < -0.39 is 17.3 Å². The number of aromatic amines is 1. The number of fused-ring (bicyclic) bond motifs is 1. The molecule has 0 aliphatic carbocycles. The lowest BCUT2D eigenvalue weighted by molar-refractivity contribution is -0.134. The third-order valence-corrected chi connectivity index (χ3v) is 4.27. The molecule has 0 bridgehead atoms. The summed E-state index contributed by atoms with van der Waals surface area (Å²) >= 11 is 0. The van der Waals surface area contributed by atoms with Crippen molar-refractivity contribution in [1.82, 2.24) is 14.9 Å². The first-order valence-electron chi connectivity index (χ1n) is 8.63. The first-order chi connectivity index (χ1) is 13.6. The van der Waals surface area contributed by atoms with E-state index in [0.717, 1.165) is 5.39 Å². The lowest BCUT2D eigenvalue weighted by Gasteiger charge is -2.24. The largest absolute Gasteiger partial charge is 0.477 e. The summed E-state index contributed by atoms with van der Waals surface area (Å²) in [6, 6.07) is 3.62. The van der Waals surface area contributed by atoms with Gasteiger partial charge in [-0.1, -0.05) is 0 Å². The second kappa shape index (κ2) is 8.68. The van der Waals surface area contributed by atoms with Gasteiger partial charge in [0.25, 0.3) is 0 Å². The maximum atomic E-state index is 12.7. The SMILES string of the molecule is COCCN(CCOC)C1=C(C(=O)O)C(=O)C(=Cc2c[nH]c3ncccc23)O1. The Bertz CT molecular complexity index is 938. The molecule has 2 aromatic rings. The summed E-state index contributed by atoms with van der Waals surface area (Å²) < 4.78 is 15.9. The van der Waals surface area contributed by atoms with Crippen LogP contribution in [0.25, 0.3) is 17.1 Å². The Morgan fingerprint density at radius 2 is 2.04 bits per heavy atom. The number of pyridine rings is 1. The molecule has 28 heavy (non-hydrogen) atoms. The Kier molecular flexibility index (Phi) is 6.07. The van der Waals surface area contributed by atoms with Crippen LogP contribution in [0.5, 0.6) is 0 Å². The number of Topliss-reactive ketones (excluding diaryl/α,β-unsaturated/α-hetero) is 1. The van der Waals surface area contributed by atoms with Crippen molar-refractivity contribution in [2.75, 3.05) is 40.5 Å². The highest BCUT2D eigenvalue weighted by atomic mass is 16.5. The number of carboxylic acids is 1. The van der Waals surface area contributed by atoms with Crippen LogP contribution in [-0.4, -0.2) is 72.2 Å². The molecule has 2 N–H and O–H groups in total. The van der Waals surface area contributed by atoms with Crippen molar-refractivity contribution in [3.05, 3.63) is 47.3 Å². The number of allylic oxidation sites excluding steroid dienone is 1. The van der Waals surface area contributed by atoms with E-state index in [1.54, 1.807) is 23.4 Å². The van der Waals surface area contributed by atoms with E-state index in [1.807, 2.05) is 6.07 Å². The van der Waals surface area contributed by atoms with Gasteiger partial charge in [0.2, 0.25) is 11.7 Å². The van der Waals surface area contributed by atoms with Crippen molar-refractivity contribution in [3.63, 3.8) is 0 Å². The minimum atomic E-state index is -1.34. The van der Waals surface area contributed by atoms with Crippen LogP contribution in [-0.2, 0) is 23.8 Å². The molecular formula is C19H21N3O6. The Morgan fingerprint density at radius 3 is 2.68 bits per heavy atom. The smallest absolute Gasteiger partial charge is 0.345 e. The average molecular weight is 387 g/mol. The molecule has 0 radical (unpaired) electrons. The second-order valence-corrected chi connectivity index (χ2v) is 6.04. The summed E-state index contributed by atoms with van der Waals surface area (Å²) in [5.41, 5.74) is 0.933. The molecule has 9 heteroatoms. The highest BCUT2D eigenvalue weighted by Gasteiger charge is 2.38. The number of aliphatic carboxylic acids is 1. The van der Waals surface area contributed by atoms with Gasteiger partial charge in [-0.15, -0.1) is 0 Å². The number of rotatable bonds is 9. The number of carbonyl (C=O) groups is 2. The minimum absolute atomic E-state index is 0.00387. The molecular weight excluding hydrogens is 366 g/mol. The van der Waals surface area contributed by atoms with Crippen LogP contribution in [0.4, 0.5) is 0 Å². The normalized spacial score (nSPS) is 15.5. The molecule has 0 aromatic carbocycles. The minimum Gasteiger partial charge on any atom is -0.477 e. The molecule has 3 rings (SSSR count). The van der Waals surface area contributed by atoms with E-state index in [-0.39, 0.29) is 11.6 Å². The van der Waals surface area contributed by atoms with E-state index >= 15 is 0 Å². The van der Waals surface area contributed by atoms with Crippen molar-refractivity contribution in [2.24, 2.45) is 0 Å². The van der Waals surface area contributed by atoms with Gasteiger partial charge in [0, 0.05) is 50.7 Å². The number of aromatic nitrogens is 2. The van der Waals surface area contributed by atoms with Crippen molar-refractivity contribution in [3.8, 4) is 0 Å². The number of carboxylic acid groups (broad SMARTS) is 1. The predicted octanol–water partition coefficient (Wildman–Crippen LogP) is 1.39. The number of hydrogen-bond acceptors (Lipinski definition) is 7. The third-order valence-electron chi connectivity index (χ3n) is 4.27. The molecule has 0 amide bonds. The van der Waals surface area contributed by atoms with Crippen LogP contribution < -0.4 is 0 Å². The van der Waals surface area contributed by atoms with Gasteiger partial charge in [-0.05, 0) is 18.2 Å². The lowest BCUT2D eigenvalue weighted by Crippen LogP contribution is -2.31. The molecule has 0 atom stereocenters. The van der Waals surface area contributed by atoms with E-state index in [4.69, 9.17) is 14.2 Å². The lowest BCUT2D eigenvalue weighted by atomic mass is 10.1. The number of nitrogens with zero attached hydrogens (tertiary/aromatic N) is 2. The van der Waals surface area contributed by atoms with E-state index in [0.29, 0.717) is 37.5 Å². The van der Waals surface area contributed by atoms with E-state index in [9.17, 15) is 14.7 Å². The van der Waals surface area contributed by atoms with Gasteiger partial charge in [0.05, 0.1) is 13.2 Å². The van der Waals surface area contributed by atoms with Gasteiger partial charge in [-0.25, -0.2) is 9.78 Å². The Labute approximate surface area is 161 Å². The van der Waals surface area contributed by atoms with Crippen LogP contribution in [0.15, 0.2) is 41.7 Å². The Hall–Kier alpha value is -3.17. The molecule has 1 aliphatic heterocycles. The zero-order valence-corrected chi connectivity index (χ0v) is 15.6. The highest BCUT2D eigenvalue weighted by Crippen LogP contribution is 2.30. The standard InChI is InChI=1S/C19H21N3O6/c1-26-8-6-22(7-9-27-2)18-15(19(24)25)16(23)14(28-18)10-12-11-21-17-13(12)4-3-5-20-17/h3-5,10-11H,6-9H2,1-2H3,(H,20,21)(H,24,25). The molecule has 148 valence electrons. The number of nitrogens with one attached hydrogen (secondary N) is 1. The summed E-state index contributed by atoms with van der Waals surface area (Å²) in [7, 11) is 3.08. The predicted molar refractivity (Wildman–Crippen MR) is 100 cm³/mol. The molecule has 9 nitrogen and oxygen atoms in total. The van der Waals surface area contributed by atoms with Gasteiger partial charge in [0.1, 0.15) is 5.65 Å². The zero-order chi connectivity index (χ0) is 20.1. The van der Waals surface area contributed by atoms with Crippen molar-refractivity contribution in [2.45, 2.75) is 0 Å². The van der Waals surface area contributed by atoms with Gasteiger partial charge in [0.15, 0.2) is 11.3 Å². The molecule has 3 heterocycles. The van der Waals surface area contributed by atoms with Gasteiger partial charge >= 0.3 is 5.97 Å². The topological polar surface area (TPSA) is 114 Å². The van der Waals surface area contributed by atoms with Crippen LogP contribution in [0.3, 0.4) is 0 Å². The zero-order valence-electron chi connectivity index (χ0n) is 15.6. The monoisotopic (exact) mass is 387 g/mol. The summed E-state index contributed by atoms with van der Waals surface area (Å²) in [5, 5.41) is 10.4. The third kappa shape index (κ3) is 3.90. The summed E-state index contributed by atoms with van der Waals surface area (Å²) in [4.78, 5) is 33.3. The number of H-pyrrole nitrogens is 1. The van der Waals surface area contributed by atoms with Crippen LogP contribution >= 0.6 is 0 Å². The van der Waals surface area contributed by atoms with Gasteiger partial charge in [-0.3, -0.25) is 4.79 Å². The highest BCUT2D eigenvalue weighted by molar-refractivity contribution is 6.26. The molecule has 0 unspecified atom stereocenters. The fourth-order valence-corrected chi connectivity index (χ4v) is 2.88.